The lowest BCUT2D eigenvalue weighted by molar-refractivity contribution is -0.119. The van der Waals surface area contributed by atoms with Gasteiger partial charge in [-0.15, -0.1) is 0 Å². The highest BCUT2D eigenvalue weighted by atomic mass is 35.5. The lowest BCUT2D eigenvalue weighted by Crippen LogP contribution is -2.45. The fraction of sp³-hybridized carbons (Fsp3) is 0.235. The normalized spacial score (nSPS) is 17.4. The molecule has 1 N–H and O–H groups in total. The van der Waals surface area contributed by atoms with Crippen LogP contribution >= 0.6 is 11.6 Å². The monoisotopic (exact) mass is 300 g/mol. The molecule has 3 nitrogen and oxygen atoms in total. The van der Waals surface area contributed by atoms with Gasteiger partial charge in [-0.25, -0.2) is 0 Å². The number of carbonyl (C=O) groups excluding carboxylic acids is 1. The van der Waals surface area contributed by atoms with Crippen LogP contribution in [0.5, 0.6) is 0 Å². The first-order valence-electron chi connectivity index (χ1n) is 6.97. The molecule has 1 aliphatic rings. The maximum Gasteiger partial charge on any atom is 0.249 e. The molecule has 4 heteroatoms. The molecule has 3 rings (SSSR count). The third kappa shape index (κ3) is 2.74. The van der Waals surface area contributed by atoms with E-state index in [0.717, 1.165) is 16.9 Å². The van der Waals surface area contributed by atoms with Crippen LogP contribution in [-0.4, -0.2) is 11.9 Å². The second-order valence-electron chi connectivity index (χ2n) is 5.44. The van der Waals surface area contributed by atoms with Crippen molar-refractivity contribution < 1.29 is 4.79 Å². The van der Waals surface area contributed by atoms with E-state index in [2.05, 4.69) is 11.4 Å². The lowest BCUT2D eigenvalue weighted by Gasteiger charge is -2.34. The molecule has 0 saturated carbocycles. The van der Waals surface area contributed by atoms with Gasteiger partial charge in [-0.05, 0) is 49.2 Å². The minimum Gasteiger partial charge on any atom is -0.372 e. The van der Waals surface area contributed by atoms with E-state index >= 15 is 0 Å². The first-order chi connectivity index (χ1) is 10.0. The average molecular weight is 301 g/mol. The van der Waals surface area contributed by atoms with Gasteiger partial charge in [-0.3, -0.25) is 4.79 Å². The van der Waals surface area contributed by atoms with Gasteiger partial charge >= 0.3 is 0 Å². The number of halogens is 1. The quantitative estimate of drug-likeness (QED) is 0.909. The van der Waals surface area contributed by atoms with E-state index in [1.165, 1.54) is 5.56 Å². The minimum atomic E-state index is -0.216. The predicted octanol–water partition coefficient (Wildman–Crippen LogP) is 4.00. The minimum absolute atomic E-state index is 0.0845. The third-order valence-electron chi connectivity index (χ3n) is 3.71. The Labute approximate surface area is 129 Å². The van der Waals surface area contributed by atoms with Crippen molar-refractivity contribution in [2.24, 2.45) is 0 Å². The van der Waals surface area contributed by atoms with E-state index < -0.39 is 0 Å². The van der Waals surface area contributed by atoms with Crippen LogP contribution in [0, 0.1) is 6.92 Å². The van der Waals surface area contributed by atoms with Gasteiger partial charge < -0.3 is 10.2 Å². The highest BCUT2D eigenvalue weighted by Crippen LogP contribution is 2.33. The first-order valence-corrected chi connectivity index (χ1v) is 7.35. The first kappa shape index (κ1) is 14.0. The van der Waals surface area contributed by atoms with Crippen molar-refractivity contribution in [1.29, 1.82) is 0 Å². The van der Waals surface area contributed by atoms with E-state index in [1.54, 1.807) is 0 Å². The Hall–Kier alpha value is -2.00. The molecule has 1 atom stereocenters. The molecular formula is C17H17ClN2O. The number of anilines is 2. The summed E-state index contributed by atoms with van der Waals surface area (Å²) in [7, 11) is 0. The van der Waals surface area contributed by atoms with Crippen LogP contribution < -0.4 is 10.2 Å². The van der Waals surface area contributed by atoms with Crippen LogP contribution in [0.25, 0.3) is 0 Å². The number of carbonyl (C=O) groups is 1. The molecule has 1 unspecified atom stereocenters. The van der Waals surface area contributed by atoms with Crippen LogP contribution in [0.15, 0.2) is 42.5 Å². The van der Waals surface area contributed by atoms with Gasteiger partial charge in [0, 0.05) is 5.02 Å². The van der Waals surface area contributed by atoms with E-state index in [4.69, 9.17) is 11.6 Å². The molecule has 0 spiro atoms. The van der Waals surface area contributed by atoms with E-state index in [9.17, 15) is 4.79 Å². The fourth-order valence-corrected chi connectivity index (χ4v) is 2.71. The van der Waals surface area contributed by atoms with Gasteiger partial charge in [-0.1, -0.05) is 29.8 Å². The largest absolute Gasteiger partial charge is 0.372 e. The Morgan fingerprint density at radius 2 is 1.90 bits per heavy atom. The molecular weight excluding hydrogens is 284 g/mol. The number of nitrogens with zero attached hydrogens (tertiary/aromatic N) is 1. The molecule has 0 radical (unpaired) electrons. The molecule has 0 bridgehead atoms. The van der Waals surface area contributed by atoms with Gasteiger partial charge in [0.2, 0.25) is 5.91 Å². The third-order valence-corrected chi connectivity index (χ3v) is 3.96. The Kier molecular flexibility index (Phi) is 3.60. The summed E-state index contributed by atoms with van der Waals surface area (Å²) in [6, 6.07) is 13.5. The van der Waals surface area contributed by atoms with Crippen molar-refractivity contribution in [3.05, 3.63) is 58.6 Å². The zero-order valence-corrected chi connectivity index (χ0v) is 12.8. The summed E-state index contributed by atoms with van der Waals surface area (Å²) in [4.78, 5) is 14.3. The smallest absolute Gasteiger partial charge is 0.249 e. The number of amides is 1. The second-order valence-corrected chi connectivity index (χ2v) is 5.87. The molecule has 0 aromatic heterocycles. The van der Waals surface area contributed by atoms with Crippen LogP contribution in [0.3, 0.4) is 0 Å². The van der Waals surface area contributed by atoms with Crippen molar-refractivity contribution in [2.45, 2.75) is 26.4 Å². The van der Waals surface area contributed by atoms with Crippen molar-refractivity contribution in [3.63, 3.8) is 0 Å². The summed E-state index contributed by atoms with van der Waals surface area (Å²) in [5.74, 6) is 0.0845. The van der Waals surface area contributed by atoms with Crippen molar-refractivity contribution in [3.8, 4) is 0 Å². The van der Waals surface area contributed by atoms with Crippen LogP contribution in [0.2, 0.25) is 5.02 Å². The Bertz CT molecular complexity index is 682. The SMILES string of the molecule is Cc1ccc2c(c1)NC(C)C(=O)N2Cc1ccc(Cl)cc1. The average Bonchev–Trinajstić information content (AvgIpc) is 2.46. The molecule has 0 saturated heterocycles. The summed E-state index contributed by atoms with van der Waals surface area (Å²) in [5.41, 5.74) is 4.18. The topological polar surface area (TPSA) is 32.3 Å². The number of hydrogen-bond acceptors (Lipinski definition) is 2. The van der Waals surface area contributed by atoms with Crippen LogP contribution in [-0.2, 0) is 11.3 Å². The number of benzene rings is 2. The Balaban J connectivity index is 1.96. The zero-order chi connectivity index (χ0) is 15.0. The molecule has 1 amide bonds. The molecule has 1 heterocycles. The molecule has 21 heavy (non-hydrogen) atoms. The lowest BCUT2D eigenvalue weighted by atomic mass is 10.1. The number of fused-ring (bicyclic) bond motifs is 1. The highest BCUT2D eigenvalue weighted by molar-refractivity contribution is 6.30. The molecule has 0 aliphatic carbocycles. The van der Waals surface area contributed by atoms with Crippen molar-refractivity contribution >= 4 is 28.9 Å². The second kappa shape index (κ2) is 5.41. The molecule has 1 aliphatic heterocycles. The zero-order valence-electron chi connectivity index (χ0n) is 12.1. The molecule has 2 aromatic rings. The summed E-state index contributed by atoms with van der Waals surface area (Å²) < 4.78 is 0. The Morgan fingerprint density at radius 1 is 1.19 bits per heavy atom. The van der Waals surface area contributed by atoms with Crippen molar-refractivity contribution in [1.82, 2.24) is 0 Å². The van der Waals surface area contributed by atoms with Gasteiger partial charge in [-0.2, -0.15) is 0 Å². The van der Waals surface area contributed by atoms with Crippen LogP contribution in [0.1, 0.15) is 18.1 Å². The van der Waals surface area contributed by atoms with Gasteiger partial charge in [0.1, 0.15) is 6.04 Å². The van der Waals surface area contributed by atoms with Crippen molar-refractivity contribution in [2.75, 3.05) is 10.2 Å². The van der Waals surface area contributed by atoms with E-state index in [-0.39, 0.29) is 11.9 Å². The standard InChI is InChI=1S/C17H17ClN2O/c1-11-3-8-16-15(9-11)19-12(2)17(21)20(16)10-13-4-6-14(18)7-5-13/h3-9,12,19H,10H2,1-2H3. The predicted molar refractivity (Wildman–Crippen MR) is 86.9 cm³/mol. The summed E-state index contributed by atoms with van der Waals surface area (Å²) >= 11 is 5.91. The summed E-state index contributed by atoms with van der Waals surface area (Å²) in [5, 5.41) is 3.97. The molecule has 2 aromatic carbocycles. The molecule has 0 fully saturated rings. The van der Waals surface area contributed by atoms with E-state index in [1.807, 2.05) is 55.1 Å². The number of aryl methyl sites for hydroxylation is 1. The Morgan fingerprint density at radius 3 is 2.62 bits per heavy atom. The summed E-state index contributed by atoms with van der Waals surface area (Å²) in [6.07, 6.45) is 0. The van der Waals surface area contributed by atoms with Gasteiger partial charge in [0.15, 0.2) is 0 Å². The van der Waals surface area contributed by atoms with Gasteiger partial charge in [0.05, 0.1) is 17.9 Å². The van der Waals surface area contributed by atoms with E-state index in [0.29, 0.717) is 11.6 Å². The van der Waals surface area contributed by atoms with Gasteiger partial charge in [0.25, 0.3) is 0 Å². The maximum atomic E-state index is 12.5. The number of hydrogen-bond donors (Lipinski definition) is 1. The van der Waals surface area contributed by atoms with Crippen LogP contribution in [0.4, 0.5) is 11.4 Å². The number of nitrogens with one attached hydrogen (secondary N) is 1. The number of rotatable bonds is 2. The fourth-order valence-electron chi connectivity index (χ4n) is 2.58. The highest BCUT2D eigenvalue weighted by Gasteiger charge is 2.29. The summed E-state index contributed by atoms with van der Waals surface area (Å²) in [6.45, 7) is 4.49. The molecule has 108 valence electrons. The maximum absolute atomic E-state index is 12.5.